The number of nitrogens with zero attached hydrogens (tertiary/aromatic N) is 2. The quantitative estimate of drug-likeness (QED) is 0.757. The van der Waals surface area contributed by atoms with Crippen molar-refractivity contribution in [1.82, 2.24) is 4.90 Å². The molecule has 0 N–H and O–H groups in total. The lowest BCUT2D eigenvalue weighted by Crippen LogP contribution is -2.32. The molecule has 1 aromatic carbocycles. The summed E-state index contributed by atoms with van der Waals surface area (Å²) in [5.41, 5.74) is 0.808. The number of carbonyl (C=O) groups excluding carboxylic acids is 1. The first-order valence-electron chi connectivity index (χ1n) is 5.12. The maximum Gasteiger partial charge on any atom is 0.237 e. The molecular weight excluding hydrogens is 243 g/mol. The fraction of sp³-hybridized carbons (Fsp3) is 0.333. The molecule has 1 amide bonds. The van der Waals surface area contributed by atoms with E-state index in [2.05, 4.69) is 0 Å². The number of halogens is 2. The van der Waals surface area contributed by atoms with Crippen molar-refractivity contribution in [3.63, 3.8) is 0 Å². The van der Waals surface area contributed by atoms with Gasteiger partial charge in [-0.3, -0.25) is 4.79 Å². The second-order valence-electron chi connectivity index (χ2n) is 3.48. The number of carbonyl (C=O) groups is 1. The standard InChI is InChI=1S/C12H12ClFN2O/c13-8-12(17)16(7-1-6-15)9-10-2-4-11(14)5-3-10/h2-5H,1,7-9H2. The summed E-state index contributed by atoms with van der Waals surface area (Å²) in [6.07, 6.45) is 0.254. The average molecular weight is 255 g/mol. The smallest absolute Gasteiger partial charge is 0.237 e. The minimum Gasteiger partial charge on any atom is -0.336 e. The van der Waals surface area contributed by atoms with Crippen LogP contribution in [0, 0.1) is 17.1 Å². The summed E-state index contributed by atoms with van der Waals surface area (Å²) in [6.45, 7) is 0.674. The van der Waals surface area contributed by atoms with Gasteiger partial charge in [0, 0.05) is 13.1 Å². The van der Waals surface area contributed by atoms with Gasteiger partial charge in [0.05, 0.1) is 12.5 Å². The second-order valence-corrected chi connectivity index (χ2v) is 3.75. The zero-order chi connectivity index (χ0) is 12.7. The van der Waals surface area contributed by atoms with Crippen LogP contribution in [0.25, 0.3) is 0 Å². The van der Waals surface area contributed by atoms with Gasteiger partial charge in [0.25, 0.3) is 0 Å². The van der Waals surface area contributed by atoms with E-state index in [0.717, 1.165) is 5.56 Å². The Morgan fingerprint density at radius 3 is 2.59 bits per heavy atom. The van der Waals surface area contributed by atoms with Crippen LogP contribution in [-0.2, 0) is 11.3 Å². The molecule has 1 aromatic rings. The fourth-order valence-corrected chi connectivity index (χ4v) is 1.54. The molecule has 0 fully saturated rings. The second kappa shape index (κ2) is 6.87. The van der Waals surface area contributed by atoms with Crippen molar-refractivity contribution in [2.24, 2.45) is 0 Å². The summed E-state index contributed by atoms with van der Waals surface area (Å²) in [5.74, 6) is -0.667. The Labute approximate surface area is 104 Å². The average Bonchev–Trinajstić information content (AvgIpc) is 2.36. The van der Waals surface area contributed by atoms with Crippen molar-refractivity contribution in [3.8, 4) is 6.07 Å². The van der Waals surface area contributed by atoms with Crippen LogP contribution < -0.4 is 0 Å². The molecule has 0 aliphatic rings. The van der Waals surface area contributed by atoms with Crippen molar-refractivity contribution >= 4 is 17.5 Å². The number of nitriles is 1. The van der Waals surface area contributed by atoms with Crippen molar-refractivity contribution in [2.45, 2.75) is 13.0 Å². The van der Waals surface area contributed by atoms with Crippen molar-refractivity contribution < 1.29 is 9.18 Å². The summed E-state index contributed by atoms with van der Waals surface area (Å²) >= 11 is 5.48. The molecule has 0 heterocycles. The number of alkyl halides is 1. The molecule has 0 aliphatic carbocycles. The molecule has 0 spiro atoms. The highest BCUT2D eigenvalue weighted by Crippen LogP contribution is 2.08. The largest absolute Gasteiger partial charge is 0.336 e. The van der Waals surface area contributed by atoms with E-state index in [1.807, 2.05) is 6.07 Å². The van der Waals surface area contributed by atoms with Gasteiger partial charge in [-0.15, -0.1) is 11.6 Å². The van der Waals surface area contributed by atoms with Crippen LogP contribution in [0.1, 0.15) is 12.0 Å². The minimum atomic E-state index is -0.319. The number of hydrogen-bond donors (Lipinski definition) is 0. The van der Waals surface area contributed by atoms with Gasteiger partial charge in [-0.1, -0.05) is 12.1 Å². The predicted molar refractivity (Wildman–Crippen MR) is 62.8 cm³/mol. The molecule has 0 saturated heterocycles. The maximum atomic E-state index is 12.7. The number of rotatable bonds is 5. The molecule has 17 heavy (non-hydrogen) atoms. The van der Waals surface area contributed by atoms with E-state index in [4.69, 9.17) is 16.9 Å². The van der Waals surface area contributed by atoms with Crippen LogP contribution in [0.15, 0.2) is 24.3 Å². The predicted octanol–water partition coefficient (Wildman–Crippen LogP) is 2.31. The van der Waals surface area contributed by atoms with E-state index in [9.17, 15) is 9.18 Å². The Kier molecular flexibility index (Phi) is 5.44. The summed E-state index contributed by atoms with van der Waals surface area (Å²) in [7, 11) is 0. The Balaban J connectivity index is 2.68. The highest BCUT2D eigenvalue weighted by atomic mass is 35.5. The molecule has 0 unspecified atom stereocenters. The van der Waals surface area contributed by atoms with E-state index in [-0.39, 0.29) is 24.0 Å². The molecule has 0 saturated carbocycles. The van der Waals surface area contributed by atoms with Gasteiger partial charge in [0.15, 0.2) is 0 Å². The first-order valence-corrected chi connectivity index (χ1v) is 5.66. The molecule has 5 heteroatoms. The first-order chi connectivity index (χ1) is 8.17. The lowest BCUT2D eigenvalue weighted by Gasteiger charge is -2.20. The molecule has 3 nitrogen and oxygen atoms in total. The SMILES string of the molecule is N#CCCN(Cc1ccc(F)cc1)C(=O)CCl. The van der Waals surface area contributed by atoms with E-state index >= 15 is 0 Å². The lowest BCUT2D eigenvalue weighted by atomic mass is 10.2. The van der Waals surface area contributed by atoms with E-state index in [0.29, 0.717) is 13.1 Å². The van der Waals surface area contributed by atoms with E-state index < -0.39 is 0 Å². The molecule has 0 radical (unpaired) electrons. The van der Waals surface area contributed by atoms with Crippen LogP contribution in [0.5, 0.6) is 0 Å². The van der Waals surface area contributed by atoms with Gasteiger partial charge in [-0.2, -0.15) is 5.26 Å². The molecule has 1 rings (SSSR count). The van der Waals surface area contributed by atoms with Gasteiger partial charge >= 0.3 is 0 Å². The third-order valence-electron chi connectivity index (χ3n) is 2.25. The molecule has 0 bridgehead atoms. The third-order valence-corrected chi connectivity index (χ3v) is 2.48. The zero-order valence-electron chi connectivity index (χ0n) is 9.20. The van der Waals surface area contributed by atoms with Crippen LogP contribution in [0.4, 0.5) is 4.39 Å². The van der Waals surface area contributed by atoms with E-state index in [1.54, 1.807) is 12.1 Å². The van der Waals surface area contributed by atoms with Gasteiger partial charge in [-0.25, -0.2) is 4.39 Å². The van der Waals surface area contributed by atoms with Crippen LogP contribution in [-0.4, -0.2) is 23.2 Å². The van der Waals surface area contributed by atoms with Crippen molar-refractivity contribution in [3.05, 3.63) is 35.6 Å². The van der Waals surface area contributed by atoms with E-state index in [1.165, 1.54) is 17.0 Å². The normalized spacial score (nSPS) is 9.71. The highest BCUT2D eigenvalue weighted by Gasteiger charge is 2.12. The zero-order valence-corrected chi connectivity index (χ0v) is 9.95. The first kappa shape index (κ1) is 13.5. The molecule has 0 aliphatic heterocycles. The number of hydrogen-bond acceptors (Lipinski definition) is 2. The summed E-state index contributed by atoms with van der Waals surface area (Å²) in [5, 5.41) is 8.50. The Morgan fingerprint density at radius 1 is 1.41 bits per heavy atom. The Hall–Kier alpha value is -1.60. The summed E-state index contributed by atoms with van der Waals surface area (Å²) < 4.78 is 12.7. The molecule has 90 valence electrons. The summed E-state index contributed by atoms with van der Waals surface area (Å²) in [6, 6.07) is 7.86. The van der Waals surface area contributed by atoms with Crippen LogP contribution in [0.2, 0.25) is 0 Å². The number of benzene rings is 1. The Bertz CT molecular complexity index is 414. The molecular formula is C12H12ClFN2O. The fourth-order valence-electron chi connectivity index (χ4n) is 1.37. The Morgan fingerprint density at radius 2 is 2.06 bits per heavy atom. The maximum absolute atomic E-state index is 12.7. The third kappa shape index (κ3) is 4.41. The number of amides is 1. The monoisotopic (exact) mass is 254 g/mol. The highest BCUT2D eigenvalue weighted by molar-refractivity contribution is 6.27. The van der Waals surface area contributed by atoms with Gasteiger partial charge in [-0.05, 0) is 17.7 Å². The minimum absolute atomic E-state index is 0.118. The van der Waals surface area contributed by atoms with Crippen LogP contribution >= 0.6 is 11.6 Å². The topological polar surface area (TPSA) is 44.1 Å². The van der Waals surface area contributed by atoms with Crippen LogP contribution in [0.3, 0.4) is 0 Å². The van der Waals surface area contributed by atoms with Gasteiger partial charge in [0.2, 0.25) is 5.91 Å². The lowest BCUT2D eigenvalue weighted by molar-refractivity contribution is -0.129. The van der Waals surface area contributed by atoms with Crippen molar-refractivity contribution in [2.75, 3.05) is 12.4 Å². The van der Waals surface area contributed by atoms with Crippen molar-refractivity contribution in [1.29, 1.82) is 5.26 Å². The van der Waals surface area contributed by atoms with Gasteiger partial charge < -0.3 is 4.90 Å². The molecule has 0 aromatic heterocycles. The van der Waals surface area contributed by atoms with Gasteiger partial charge in [0.1, 0.15) is 11.7 Å². The molecule has 0 atom stereocenters. The summed E-state index contributed by atoms with van der Waals surface area (Å²) in [4.78, 5) is 13.0.